The molecule has 1 heterocycles. The number of Topliss-reactive ketones (excluding diaryl/α,β-unsaturated/α-hetero) is 1. The zero-order valence-corrected chi connectivity index (χ0v) is 16.6. The molecule has 3 rings (SSSR count). The summed E-state index contributed by atoms with van der Waals surface area (Å²) in [5.41, 5.74) is 0.763. The Bertz CT molecular complexity index is 957. The van der Waals surface area contributed by atoms with Gasteiger partial charge in [0, 0.05) is 12.1 Å². The van der Waals surface area contributed by atoms with Crippen LogP contribution in [0.4, 0.5) is 4.39 Å². The number of carbonyl (C=O) groups is 2. The van der Waals surface area contributed by atoms with Gasteiger partial charge in [0.05, 0.1) is 21.7 Å². The fourth-order valence-corrected chi connectivity index (χ4v) is 3.53. The van der Waals surface area contributed by atoms with Gasteiger partial charge in [-0.05, 0) is 42.3 Å². The van der Waals surface area contributed by atoms with Gasteiger partial charge in [-0.15, -0.1) is 0 Å². The van der Waals surface area contributed by atoms with E-state index in [1.165, 1.54) is 47.4 Å². The number of unbranched alkanes of at least 4 members (excludes halogenated alkanes) is 1. The van der Waals surface area contributed by atoms with Crippen LogP contribution in [0.25, 0.3) is 5.76 Å². The van der Waals surface area contributed by atoms with Crippen molar-refractivity contribution in [1.29, 1.82) is 0 Å². The Morgan fingerprint density at radius 3 is 2.39 bits per heavy atom. The molecule has 1 N–H and O–H groups in total. The van der Waals surface area contributed by atoms with Crippen molar-refractivity contribution in [2.24, 2.45) is 0 Å². The van der Waals surface area contributed by atoms with Crippen molar-refractivity contribution in [1.82, 2.24) is 4.90 Å². The molecule has 28 heavy (non-hydrogen) atoms. The van der Waals surface area contributed by atoms with Gasteiger partial charge in [-0.25, -0.2) is 4.39 Å². The van der Waals surface area contributed by atoms with Gasteiger partial charge in [0.15, 0.2) is 0 Å². The third-order valence-corrected chi connectivity index (χ3v) is 5.41. The Balaban J connectivity index is 2.17. The SMILES string of the molecule is CCCCN1C(=O)C(=O)/C(=C(\O)c2ccc(Cl)c(Cl)c2)C1c1ccc(F)cc1. The molecule has 1 atom stereocenters. The van der Waals surface area contributed by atoms with E-state index in [0.717, 1.165) is 6.42 Å². The fraction of sp³-hybridized carbons (Fsp3) is 0.238. The van der Waals surface area contributed by atoms with E-state index in [9.17, 15) is 19.1 Å². The van der Waals surface area contributed by atoms with Crippen LogP contribution in [0.15, 0.2) is 48.0 Å². The molecule has 146 valence electrons. The molecular formula is C21H18Cl2FNO3. The molecule has 0 bridgehead atoms. The smallest absolute Gasteiger partial charge is 0.295 e. The van der Waals surface area contributed by atoms with E-state index in [-0.39, 0.29) is 21.9 Å². The van der Waals surface area contributed by atoms with Gasteiger partial charge < -0.3 is 10.0 Å². The topological polar surface area (TPSA) is 57.6 Å². The summed E-state index contributed by atoms with van der Waals surface area (Å²) in [6.07, 6.45) is 1.52. The molecule has 0 radical (unpaired) electrons. The predicted molar refractivity (Wildman–Crippen MR) is 107 cm³/mol. The summed E-state index contributed by atoms with van der Waals surface area (Å²) in [5.74, 6) is -2.25. The molecule has 2 aromatic rings. The Morgan fingerprint density at radius 2 is 1.79 bits per heavy atom. The van der Waals surface area contributed by atoms with Crippen LogP contribution in [-0.2, 0) is 9.59 Å². The zero-order valence-electron chi connectivity index (χ0n) is 15.1. The number of rotatable bonds is 5. The largest absolute Gasteiger partial charge is 0.507 e. The number of aliphatic hydroxyl groups excluding tert-OH is 1. The molecule has 1 aliphatic rings. The zero-order chi connectivity index (χ0) is 20.4. The van der Waals surface area contributed by atoms with Crippen molar-refractivity contribution in [3.05, 3.63) is 75.0 Å². The summed E-state index contributed by atoms with van der Waals surface area (Å²) in [7, 11) is 0. The van der Waals surface area contributed by atoms with Crippen LogP contribution in [0.5, 0.6) is 0 Å². The lowest BCUT2D eigenvalue weighted by Gasteiger charge is -2.25. The van der Waals surface area contributed by atoms with Gasteiger partial charge in [-0.1, -0.05) is 48.7 Å². The maximum absolute atomic E-state index is 13.4. The molecule has 1 unspecified atom stereocenters. The second-order valence-corrected chi connectivity index (χ2v) is 7.34. The molecule has 4 nitrogen and oxygen atoms in total. The third-order valence-electron chi connectivity index (χ3n) is 4.67. The first-order valence-electron chi connectivity index (χ1n) is 8.84. The average molecular weight is 422 g/mol. The number of aliphatic hydroxyl groups is 1. The van der Waals surface area contributed by atoms with Gasteiger partial charge in [0.1, 0.15) is 11.6 Å². The van der Waals surface area contributed by atoms with Crippen molar-refractivity contribution >= 4 is 40.7 Å². The predicted octanol–water partition coefficient (Wildman–Crippen LogP) is 5.35. The summed E-state index contributed by atoms with van der Waals surface area (Å²) < 4.78 is 13.4. The van der Waals surface area contributed by atoms with E-state index in [0.29, 0.717) is 23.6 Å². The highest BCUT2D eigenvalue weighted by Gasteiger charge is 2.45. The van der Waals surface area contributed by atoms with E-state index in [1.54, 1.807) is 0 Å². The average Bonchev–Trinajstić information content (AvgIpc) is 2.93. The Hall–Kier alpha value is -2.37. The molecule has 0 spiro atoms. The molecule has 1 saturated heterocycles. The lowest BCUT2D eigenvalue weighted by Crippen LogP contribution is -2.30. The van der Waals surface area contributed by atoms with Crippen LogP contribution < -0.4 is 0 Å². The normalized spacial score (nSPS) is 18.7. The summed E-state index contributed by atoms with van der Waals surface area (Å²) in [6, 6.07) is 9.17. The standard InChI is InChI=1S/C21H18Cl2FNO3/c1-2-3-10-25-18(12-4-7-14(24)8-5-12)17(20(27)21(25)28)19(26)13-6-9-15(22)16(23)11-13/h4-9,11,18,26H,2-3,10H2,1H3/b19-17-. The maximum Gasteiger partial charge on any atom is 0.295 e. The Kier molecular flexibility index (Phi) is 6.06. The molecular weight excluding hydrogens is 404 g/mol. The van der Waals surface area contributed by atoms with Gasteiger partial charge in [-0.2, -0.15) is 0 Å². The molecule has 1 fully saturated rings. The molecule has 0 aliphatic carbocycles. The van der Waals surface area contributed by atoms with Gasteiger partial charge in [0.25, 0.3) is 11.7 Å². The van der Waals surface area contributed by atoms with Gasteiger partial charge in [0.2, 0.25) is 0 Å². The highest BCUT2D eigenvalue weighted by Crippen LogP contribution is 2.40. The highest BCUT2D eigenvalue weighted by atomic mass is 35.5. The summed E-state index contributed by atoms with van der Waals surface area (Å²) in [5, 5.41) is 11.4. The quantitative estimate of drug-likeness (QED) is 0.401. The summed E-state index contributed by atoms with van der Waals surface area (Å²) >= 11 is 12.0. The molecule has 0 aromatic heterocycles. The van der Waals surface area contributed by atoms with Crippen LogP contribution in [0.1, 0.15) is 36.9 Å². The Morgan fingerprint density at radius 1 is 1.11 bits per heavy atom. The van der Waals surface area contributed by atoms with Crippen LogP contribution in [0.3, 0.4) is 0 Å². The molecule has 1 aliphatic heterocycles. The van der Waals surface area contributed by atoms with Crippen molar-refractivity contribution in [2.75, 3.05) is 6.54 Å². The number of ketones is 1. The van der Waals surface area contributed by atoms with E-state index >= 15 is 0 Å². The first-order chi connectivity index (χ1) is 13.3. The number of likely N-dealkylation sites (tertiary alicyclic amines) is 1. The minimum Gasteiger partial charge on any atom is -0.507 e. The van der Waals surface area contributed by atoms with E-state index in [2.05, 4.69) is 0 Å². The first-order valence-corrected chi connectivity index (χ1v) is 9.60. The lowest BCUT2D eigenvalue weighted by atomic mass is 9.95. The van der Waals surface area contributed by atoms with Crippen LogP contribution in [0, 0.1) is 5.82 Å². The highest BCUT2D eigenvalue weighted by molar-refractivity contribution is 6.46. The number of hydrogen-bond acceptors (Lipinski definition) is 3. The first kappa shape index (κ1) is 20.4. The minimum atomic E-state index is -0.804. The second kappa shape index (κ2) is 8.33. The minimum absolute atomic E-state index is 0.0499. The maximum atomic E-state index is 13.4. The van der Waals surface area contributed by atoms with Crippen molar-refractivity contribution < 1.29 is 19.1 Å². The number of carbonyl (C=O) groups excluding carboxylic acids is 2. The van der Waals surface area contributed by atoms with Crippen LogP contribution >= 0.6 is 23.2 Å². The Labute approximate surface area is 172 Å². The van der Waals surface area contributed by atoms with Crippen LogP contribution in [0.2, 0.25) is 10.0 Å². The number of nitrogens with zero attached hydrogens (tertiary/aromatic N) is 1. The second-order valence-electron chi connectivity index (χ2n) is 6.53. The third kappa shape index (κ3) is 3.77. The van der Waals surface area contributed by atoms with Crippen LogP contribution in [-0.4, -0.2) is 28.2 Å². The van der Waals surface area contributed by atoms with Gasteiger partial charge >= 0.3 is 0 Å². The molecule has 1 amide bonds. The number of hydrogen-bond donors (Lipinski definition) is 1. The molecule has 7 heteroatoms. The van der Waals surface area contributed by atoms with Crippen molar-refractivity contribution in [3.8, 4) is 0 Å². The number of amides is 1. The van der Waals surface area contributed by atoms with E-state index in [1.807, 2.05) is 6.92 Å². The summed E-state index contributed by atoms with van der Waals surface area (Å²) in [4.78, 5) is 26.8. The monoisotopic (exact) mass is 421 g/mol. The lowest BCUT2D eigenvalue weighted by molar-refractivity contribution is -0.139. The number of halogens is 3. The molecule has 2 aromatic carbocycles. The van der Waals surface area contributed by atoms with Gasteiger partial charge in [-0.3, -0.25) is 9.59 Å². The van der Waals surface area contributed by atoms with Crippen molar-refractivity contribution in [3.63, 3.8) is 0 Å². The van der Waals surface area contributed by atoms with E-state index in [4.69, 9.17) is 23.2 Å². The number of benzene rings is 2. The summed E-state index contributed by atoms with van der Waals surface area (Å²) in [6.45, 7) is 2.32. The van der Waals surface area contributed by atoms with E-state index < -0.39 is 23.5 Å². The fourth-order valence-electron chi connectivity index (χ4n) is 3.23. The van der Waals surface area contributed by atoms with Crippen molar-refractivity contribution in [2.45, 2.75) is 25.8 Å². The molecule has 0 saturated carbocycles.